The Morgan fingerprint density at radius 1 is 0.983 bits per heavy atom. The number of nitrogens with zero attached hydrogens (tertiary/aromatic N) is 1. The number of amides is 1. The van der Waals surface area contributed by atoms with Gasteiger partial charge >= 0.3 is 18.0 Å². The van der Waals surface area contributed by atoms with E-state index in [1.807, 2.05) is 46.7 Å². The van der Waals surface area contributed by atoms with Crippen LogP contribution in [-0.2, 0) is 47.5 Å². The monoisotopic (exact) mass is 825 g/mol. The maximum absolute atomic E-state index is 14.6. The number of alkyl carbamates (subject to hydrolysis) is 1. The molecule has 0 bridgehead atoms. The zero-order valence-electron chi connectivity index (χ0n) is 37.0. The molecule has 0 aromatic heterocycles. The normalized spacial score (nSPS) is 44.1. The molecule has 4 saturated heterocycles. The lowest BCUT2D eigenvalue weighted by atomic mass is 9.70. The zero-order chi connectivity index (χ0) is 43.7. The Balaban J connectivity index is 1.94. The topological polar surface area (TPSA) is 189 Å². The lowest BCUT2D eigenvalue weighted by molar-refractivity contribution is -0.311. The van der Waals surface area contributed by atoms with Crippen molar-refractivity contribution in [2.75, 3.05) is 20.6 Å². The van der Waals surface area contributed by atoms with Crippen molar-refractivity contribution in [3.8, 4) is 0 Å². The quantitative estimate of drug-likeness (QED) is 0.167. The van der Waals surface area contributed by atoms with Gasteiger partial charge in [-0.1, -0.05) is 47.6 Å². The fraction of sp³-hybridized carbons (Fsp3) is 0.860. The Morgan fingerprint density at radius 2 is 1.64 bits per heavy atom. The van der Waals surface area contributed by atoms with Gasteiger partial charge in [-0.15, -0.1) is 6.58 Å². The highest BCUT2D eigenvalue weighted by Crippen LogP contribution is 2.46. The Bertz CT molecular complexity index is 1480. The summed E-state index contributed by atoms with van der Waals surface area (Å²) in [5, 5.41) is 25.4. The van der Waals surface area contributed by atoms with Crippen LogP contribution in [0.25, 0.3) is 0 Å². The summed E-state index contributed by atoms with van der Waals surface area (Å²) in [5.74, 6) is -5.34. The SMILES string of the molecule is C=CCNC(=O)O[C@]1(C)C[C@@H](C)C(=O)C(C)C2CC(=O)O[C@]2(C)[C@@H](CC)OC(=O)[C@H](C)[C@@H](O[C@H]2CC(C)(C)[C@@H](O)[C@H](C)O2)[C@H](C)[C@H]1O[C@@H]1O[C@H](C)C[C@H](N(C)C)[C@H]1O. The zero-order valence-corrected chi connectivity index (χ0v) is 37.0. The number of ketones is 1. The molecule has 15 nitrogen and oxygen atoms in total. The van der Waals surface area contributed by atoms with E-state index in [2.05, 4.69) is 11.9 Å². The van der Waals surface area contributed by atoms with Crippen LogP contribution in [-0.4, -0.2) is 132 Å². The molecular weight excluding hydrogens is 752 g/mol. The summed E-state index contributed by atoms with van der Waals surface area (Å²) in [7, 11) is 3.72. The van der Waals surface area contributed by atoms with Crippen molar-refractivity contribution in [3.63, 3.8) is 0 Å². The molecule has 15 heteroatoms. The minimum atomic E-state index is -1.64. The van der Waals surface area contributed by atoms with Crippen molar-refractivity contribution >= 4 is 23.8 Å². The van der Waals surface area contributed by atoms with Gasteiger partial charge in [-0.2, -0.15) is 0 Å². The fourth-order valence-electron chi connectivity index (χ4n) is 9.98. The van der Waals surface area contributed by atoms with Crippen molar-refractivity contribution in [2.24, 2.45) is 35.0 Å². The molecule has 0 radical (unpaired) electrons. The van der Waals surface area contributed by atoms with E-state index >= 15 is 0 Å². The second-order valence-corrected chi connectivity index (χ2v) is 18.8. The number of carbonyl (C=O) groups excluding carboxylic acids is 4. The van der Waals surface area contributed by atoms with Crippen LogP contribution in [0, 0.1) is 35.0 Å². The number of fused-ring (bicyclic) bond motifs is 1. The number of esters is 2. The van der Waals surface area contributed by atoms with Crippen molar-refractivity contribution in [3.05, 3.63) is 12.7 Å². The first kappa shape index (κ1) is 48.0. The van der Waals surface area contributed by atoms with E-state index in [1.165, 1.54) is 6.08 Å². The van der Waals surface area contributed by atoms with E-state index in [9.17, 15) is 29.4 Å². The van der Waals surface area contributed by atoms with Crippen LogP contribution >= 0.6 is 0 Å². The lowest BCUT2D eigenvalue weighted by Gasteiger charge is -2.49. The molecule has 0 aromatic carbocycles. The number of cyclic esters (lactones) is 1. The lowest BCUT2D eigenvalue weighted by Crippen LogP contribution is -2.61. The minimum absolute atomic E-state index is 0.0487. The predicted molar refractivity (Wildman–Crippen MR) is 213 cm³/mol. The molecule has 4 aliphatic rings. The first-order valence-electron chi connectivity index (χ1n) is 21.1. The number of hydrogen-bond donors (Lipinski definition) is 3. The molecule has 1 amide bonds. The molecule has 0 spiro atoms. The van der Waals surface area contributed by atoms with Crippen LogP contribution in [0.2, 0.25) is 0 Å². The highest BCUT2D eigenvalue weighted by Gasteiger charge is 2.58. The molecule has 17 atom stereocenters. The van der Waals surface area contributed by atoms with Gasteiger partial charge in [0.25, 0.3) is 0 Å². The predicted octanol–water partition coefficient (Wildman–Crippen LogP) is 4.54. The molecule has 0 aliphatic carbocycles. The van der Waals surface area contributed by atoms with E-state index < -0.39 is 113 Å². The van der Waals surface area contributed by atoms with Crippen molar-refractivity contribution < 1.29 is 62.5 Å². The largest absolute Gasteiger partial charge is 0.458 e. The van der Waals surface area contributed by atoms with Crippen LogP contribution in [0.3, 0.4) is 0 Å². The first-order chi connectivity index (χ1) is 26.9. The number of aliphatic hydroxyl groups is 2. The Labute approximate surface area is 345 Å². The van der Waals surface area contributed by atoms with Gasteiger partial charge in [-0.3, -0.25) is 14.4 Å². The average Bonchev–Trinajstić information content (AvgIpc) is 3.46. The maximum atomic E-state index is 14.6. The number of carbonyl (C=O) groups is 4. The summed E-state index contributed by atoms with van der Waals surface area (Å²) in [6.07, 6.45) is -6.45. The van der Waals surface area contributed by atoms with Crippen LogP contribution < -0.4 is 5.32 Å². The first-order valence-corrected chi connectivity index (χ1v) is 21.1. The molecule has 2 unspecified atom stereocenters. The highest BCUT2D eigenvalue weighted by atomic mass is 16.7. The van der Waals surface area contributed by atoms with E-state index in [4.69, 9.17) is 33.2 Å². The minimum Gasteiger partial charge on any atom is -0.458 e. The summed E-state index contributed by atoms with van der Waals surface area (Å²) in [4.78, 5) is 57.7. The summed E-state index contributed by atoms with van der Waals surface area (Å²) in [6.45, 7) is 23.4. The second kappa shape index (κ2) is 18.9. The number of likely N-dealkylation sites (N-methyl/N-ethyl adjacent to an activating group) is 1. The van der Waals surface area contributed by atoms with Gasteiger partial charge in [0.15, 0.2) is 12.6 Å². The molecule has 58 heavy (non-hydrogen) atoms. The molecule has 0 saturated carbocycles. The summed E-state index contributed by atoms with van der Waals surface area (Å²) < 4.78 is 44.9. The third kappa shape index (κ3) is 10.3. The molecule has 4 aliphatic heterocycles. The van der Waals surface area contributed by atoms with Crippen molar-refractivity contribution in [1.82, 2.24) is 10.2 Å². The third-order valence-corrected chi connectivity index (χ3v) is 13.3. The number of Topliss-reactive ketones (excluding diaryl/α,β-unsaturated/α-hetero) is 1. The number of hydrogen-bond acceptors (Lipinski definition) is 14. The van der Waals surface area contributed by atoms with Gasteiger partial charge in [-0.25, -0.2) is 4.79 Å². The average molecular weight is 825 g/mol. The van der Waals surface area contributed by atoms with E-state index in [1.54, 1.807) is 48.5 Å². The van der Waals surface area contributed by atoms with E-state index in [0.29, 0.717) is 12.8 Å². The van der Waals surface area contributed by atoms with Crippen molar-refractivity contribution in [2.45, 2.75) is 181 Å². The summed E-state index contributed by atoms with van der Waals surface area (Å²) in [6, 6.07) is -0.352. The van der Waals surface area contributed by atoms with Crippen LogP contribution in [0.4, 0.5) is 4.79 Å². The third-order valence-electron chi connectivity index (χ3n) is 13.3. The molecule has 4 heterocycles. The molecule has 4 rings (SSSR count). The molecule has 3 N–H and O–H groups in total. The number of ether oxygens (including phenoxy) is 7. The molecule has 4 fully saturated rings. The Hall–Kier alpha value is -2.66. The summed E-state index contributed by atoms with van der Waals surface area (Å²) in [5.41, 5.74) is -3.57. The van der Waals surface area contributed by atoms with Gasteiger partial charge in [0, 0.05) is 42.7 Å². The number of rotatable bonds is 9. The Morgan fingerprint density at radius 3 is 2.22 bits per heavy atom. The van der Waals surface area contributed by atoms with Crippen LogP contribution in [0.5, 0.6) is 0 Å². The molecule has 0 aromatic rings. The van der Waals surface area contributed by atoms with E-state index in [0.717, 1.165) is 0 Å². The number of aliphatic hydroxyl groups excluding tert-OH is 2. The second-order valence-electron chi connectivity index (χ2n) is 18.8. The maximum Gasteiger partial charge on any atom is 0.408 e. The van der Waals surface area contributed by atoms with Crippen molar-refractivity contribution in [1.29, 1.82) is 0 Å². The molecular formula is C43H72N2O13. The smallest absolute Gasteiger partial charge is 0.408 e. The van der Waals surface area contributed by atoms with E-state index in [-0.39, 0.29) is 43.7 Å². The highest BCUT2D eigenvalue weighted by molar-refractivity contribution is 5.85. The van der Waals surface area contributed by atoms with Crippen LogP contribution in [0.15, 0.2) is 12.7 Å². The Kier molecular flexibility index (Phi) is 15.7. The van der Waals surface area contributed by atoms with Crippen LogP contribution in [0.1, 0.15) is 108 Å². The van der Waals surface area contributed by atoms with Gasteiger partial charge in [0.05, 0.1) is 36.8 Å². The summed E-state index contributed by atoms with van der Waals surface area (Å²) >= 11 is 0. The van der Waals surface area contributed by atoms with Gasteiger partial charge < -0.3 is 53.6 Å². The fourth-order valence-corrected chi connectivity index (χ4v) is 9.98. The number of nitrogens with one attached hydrogen (secondary N) is 1. The van der Waals surface area contributed by atoms with Gasteiger partial charge in [0.2, 0.25) is 0 Å². The van der Waals surface area contributed by atoms with Gasteiger partial charge in [-0.05, 0) is 73.4 Å². The van der Waals surface area contributed by atoms with Gasteiger partial charge in [0.1, 0.15) is 35.3 Å². The molecule has 332 valence electrons. The standard InChI is InChI=1S/C43H72N2O13/c1-15-17-44-40(51)58-42(11)20-22(3)33(47)24(5)28-19-31(46)57-43(28,12)30(16-2)54-38(50)26(7)35(55-32-21-41(9,10)36(49)27(8)53-32)25(6)37(42)56-39-34(48)29(45(13)14)18-23(4)52-39/h15,22-30,32,34-37,39,48-49H,1,16-21H2,2-14H3,(H,44,51)/t22-,23-,24?,25+,26-,27+,28?,29+,30-,32+,34-,35+,36+,37-,39+,42-,43+/m1/s1.